The maximum absolute atomic E-state index is 13.5. The zero-order chi connectivity index (χ0) is 27.9. The summed E-state index contributed by atoms with van der Waals surface area (Å²) in [6.07, 6.45) is 25.7. The molecule has 0 aliphatic heterocycles. The first-order valence-electron chi connectivity index (χ1n) is 17.8. The second-order valence-electron chi connectivity index (χ2n) is 15.3. The summed E-state index contributed by atoms with van der Waals surface area (Å²) in [4.78, 5) is 26.7. The summed E-state index contributed by atoms with van der Waals surface area (Å²) >= 11 is 0. The van der Waals surface area contributed by atoms with E-state index in [4.69, 9.17) is 9.47 Å². The topological polar surface area (TPSA) is 52.6 Å². The highest BCUT2D eigenvalue weighted by Crippen LogP contribution is 2.43. The van der Waals surface area contributed by atoms with E-state index in [0.29, 0.717) is 5.92 Å². The summed E-state index contributed by atoms with van der Waals surface area (Å²) in [5.41, 5.74) is 0. The van der Waals surface area contributed by atoms with Crippen molar-refractivity contribution in [1.82, 2.24) is 0 Å². The molecule has 0 N–H and O–H groups in total. The quantitative estimate of drug-likeness (QED) is 0.280. The molecule has 0 bridgehead atoms. The van der Waals surface area contributed by atoms with Crippen molar-refractivity contribution in [2.75, 3.05) is 6.61 Å². The summed E-state index contributed by atoms with van der Waals surface area (Å²) in [5, 5.41) is 0. The van der Waals surface area contributed by atoms with Gasteiger partial charge in [-0.1, -0.05) is 58.8 Å². The van der Waals surface area contributed by atoms with Gasteiger partial charge in [0, 0.05) is 0 Å². The average molecular weight is 557 g/mol. The van der Waals surface area contributed by atoms with Gasteiger partial charge in [-0.15, -0.1) is 0 Å². The highest BCUT2D eigenvalue weighted by molar-refractivity contribution is 5.75. The molecule has 228 valence electrons. The average Bonchev–Trinajstić information content (AvgIpc) is 2.99. The number of carbonyl (C=O) groups excluding carboxylic acids is 2. The fourth-order valence-electron chi connectivity index (χ4n) is 9.49. The molecule has 5 rings (SSSR count). The third-order valence-electron chi connectivity index (χ3n) is 12.5. The minimum absolute atomic E-state index is 0.0276. The maximum atomic E-state index is 13.5. The van der Waals surface area contributed by atoms with Crippen molar-refractivity contribution < 1.29 is 19.1 Å². The number of rotatable bonds is 8. The highest BCUT2D eigenvalue weighted by Gasteiger charge is 2.37. The standard InChI is InChI=1S/C36H60O4/c1-25-8-12-27(13-9-25)29-16-18-32(19-17-29)35(37)39-24-34(31-6-4-3-5-7-31)36(38)40-33-22-20-30(21-23-33)28-14-10-26(2)11-15-28/h25-34H,3-24H2,1-2H3. The molecule has 4 heteroatoms. The maximum Gasteiger partial charge on any atom is 0.312 e. The molecular weight excluding hydrogens is 496 g/mol. The number of hydrogen-bond donors (Lipinski definition) is 0. The van der Waals surface area contributed by atoms with Crippen LogP contribution in [0.5, 0.6) is 0 Å². The number of carbonyl (C=O) groups is 2. The second-order valence-corrected chi connectivity index (χ2v) is 15.3. The van der Waals surface area contributed by atoms with Gasteiger partial charge in [0.1, 0.15) is 12.7 Å². The van der Waals surface area contributed by atoms with Crippen molar-refractivity contribution in [2.24, 2.45) is 53.3 Å². The van der Waals surface area contributed by atoms with Crippen LogP contribution < -0.4 is 0 Å². The monoisotopic (exact) mass is 556 g/mol. The summed E-state index contributed by atoms with van der Waals surface area (Å²) < 4.78 is 12.2. The fraction of sp³-hybridized carbons (Fsp3) is 0.944. The van der Waals surface area contributed by atoms with Crippen LogP contribution in [-0.2, 0) is 19.1 Å². The van der Waals surface area contributed by atoms with Crippen LogP contribution >= 0.6 is 0 Å². The first-order chi connectivity index (χ1) is 19.5. The number of esters is 2. The van der Waals surface area contributed by atoms with Gasteiger partial charge in [0.2, 0.25) is 0 Å². The molecule has 0 radical (unpaired) electrons. The van der Waals surface area contributed by atoms with Crippen molar-refractivity contribution in [3.05, 3.63) is 0 Å². The van der Waals surface area contributed by atoms with Gasteiger partial charge in [0.05, 0.1) is 11.8 Å². The van der Waals surface area contributed by atoms with Crippen LogP contribution in [0, 0.1) is 53.3 Å². The van der Waals surface area contributed by atoms with Crippen molar-refractivity contribution in [2.45, 2.75) is 155 Å². The number of hydrogen-bond acceptors (Lipinski definition) is 4. The lowest BCUT2D eigenvalue weighted by molar-refractivity contribution is -0.165. The Kier molecular flexibility index (Phi) is 11.3. The van der Waals surface area contributed by atoms with Crippen molar-refractivity contribution in [1.29, 1.82) is 0 Å². The van der Waals surface area contributed by atoms with Crippen molar-refractivity contribution in [3.63, 3.8) is 0 Å². The number of ether oxygens (including phenoxy) is 2. The molecule has 4 nitrogen and oxygen atoms in total. The molecular formula is C36H60O4. The van der Waals surface area contributed by atoms with E-state index >= 15 is 0 Å². The zero-order valence-electron chi connectivity index (χ0n) is 26.0. The van der Waals surface area contributed by atoms with E-state index in [2.05, 4.69) is 13.8 Å². The molecule has 0 amide bonds. The molecule has 1 atom stereocenters. The molecule has 0 aromatic carbocycles. The molecule has 0 spiro atoms. The van der Waals surface area contributed by atoms with E-state index in [9.17, 15) is 9.59 Å². The van der Waals surface area contributed by atoms with Crippen LogP contribution in [0.25, 0.3) is 0 Å². The van der Waals surface area contributed by atoms with Gasteiger partial charge in [-0.3, -0.25) is 9.59 Å². The molecule has 0 aromatic heterocycles. The summed E-state index contributed by atoms with van der Waals surface area (Å²) in [6, 6.07) is 0. The molecule has 5 aliphatic rings. The lowest BCUT2D eigenvalue weighted by atomic mass is 9.69. The van der Waals surface area contributed by atoms with Gasteiger partial charge in [-0.2, -0.15) is 0 Å². The predicted octanol–water partition coefficient (Wildman–Crippen LogP) is 9.29. The van der Waals surface area contributed by atoms with Gasteiger partial charge in [-0.05, 0) is 131 Å². The lowest BCUT2D eigenvalue weighted by Gasteiger charge is -2.38. The highest BCUT2D eigenvalue weighted by atomic mass is 16.6. The molecule has 40 heavy (non-hydrogen) atoms. The third kappa shape index (κ3) is 8.27. The summed E-state index contributed by atoms with van der Waals surface area (Å²) in [7, 11) is 0. The second kappa shape index (κ2) is 14.9. The van der Waals surface area contributed by atoms with Gasteiger partial charge < -0.3 is 9.47 Å². The molecule has 5 saturated carbocycles. The molecule has 0 heterocycles. The van der Waals surface area contributed by atoms with Crippen LogP contribution in [0.3, 0.4) is 0 Å². The Morgan fingerprint density at radius 1 is 0.575 bits per heavy atom. The smallest absolute Gasteiger partial charge is 0.312 e. The van der Waals surface area contributed by atoms with Crippen LogP contribution in [0.15, 0.2) is 0 Å². The SMILES string of the molecule is CC1CCC(C2CCC(OC(=O)C(COC(=O)C3CCC(C4CCC(C)CC4)CC3)C3CCCCC3)CC2)CC1. The Hall–Kier alpha value is -1.06. The Labute approximate surface area is 245 Å². The molecule has 5 aliphatic carbocycles. The van der Waals surface area contributed by atoms with Crippen LogP contribution in [0.1, 0.15) is 149 Å². The van der Waals surface area contributed by atoms with Crippen LogP contribution in [-0.4, -0.2) is 24.6 Å². The Bertz CT molecular complexity index is 771. The zero-order valence-corrected chi connectivity index (χ0v) is 26.0. The normalized spacial score (nSPS) is 38.8. The Balaban J connectivity index is 1.07. The molecule has 0 saturated heterocycles. The van der Waals surface area contributed by atoms with Crippen molar-refractivity contribution in [3.8, 4) is 0 Å². The van der Waals surface area contributed by atoms with Gasteiger partial charge in [0.25, 0.3) is 0 Å². The molecule has 1 unspecified atom stereocenters. The fourth-order valence-corrected chi connectivity index (χ4v) is 9.49. The van der Waals surface area contributed by atoms with E-state index in [0.717, 1.165) is 74.0 Å². The van der Waals surface area contributed by atoms with E-state index < -0.39 is 0 Å². The van der Waals surface area contributed by atoms with Crippen molar-refractivity contribution >= 4 is 11.9 Å². The summed E-state index contributed by atoms with van der Waals surface area (Å²) in [5.74, 6) is 5.13. The van der Waals surface area contributed by atoms with Gasteiger partial charge in [0.15, 0.2) is 0 Å². The minimum atomic E-state index is -0.276. The van der Waals surface area contributed by atoms with Gasteiger partial charge in [-0.25, -0.2) is 0 Å². The first-order valence-corrected chi connectivity index (χ1v) is 17.8. The van der Waals surface area contributed by atoms with Crippen LogP contribution in [0.4, 0.5) is 0 Å². The Morgan fingerprint density at radius 3 is 1.52 bits per heavy atom. The van der Waals surface area contributed by atoms with E-state index in [-0.39, 0.29) is 36.5 Å². The third-order valence-corrected chi connectivity index (χ3v) is 12.5. The minimum Gasteiger partial charge on any atom is -0.465 e. The largest absolute Gasteiger partial charge is 0.465 e. The van der Waals surface area contributed by atoms with E-state index in [1.807, 2.05) is 0 Å². The Morgan fingerprint density at radius 2 is 1.02 bits per heavy atom. The van der Waals surface area contributed by atoms with Gasteiger partial charge >= 0.3 is 11.9 Å². The summed E-state index contributed by atoms with van der Waals surface area (Å²) in [6.45, 7) is 5.02. The molecule has 0 aromatic rings. The predicted molar refractivity (Wildman–Crippen MR) is 161 cm³/mol. The lowest BCUT2D eigenvalue weighted by Crippen LogP contribution is -2.37. The van der Waals surface area contributed by atoms with Crippen LogP contribution in [0.2, 0.25) is 0 Å². The molecule has 5 fully saturated rings. The first kappa shape index (κ1) is 30.4. The van der Waals surface area contributed by atoms with E-state index in [1.54, 1.807) is 0 Å². The van der Waals surface area contributed by atoms with E-state index in [1.165, 1.54) is 96.3 Å².